The predicted octanol–water partition coefficient (Wildman–Crippen LogP) is -0.560. The fraction of sp³-hybridized carbons (Fsp3) is 0. The number of hydrogen-bond acceptors (Lipinski definition) is 2. The van der Waals surface area contributed by atoms with Crippen molar-refractivity contribution in [2.75, 3.05) is 0 Å². The molecule has 0 bridgehead atoms. The van der Waals surface area contributed by atoms with Crippen molar-refractivity contribution < 1.29 is 6.15 Å². The molecule has 0 rings (SSSR count). The van der Waals surface area contributed by atoms with Crippen LogP contribution in [0, 0.1) is 0 Å². The van der Waals surface area contributed by atoms with Crippen molar-refractivity contribution in [1.82, 2.24) is 0 Å². The van der Waals surface area contributed by atoms with Gasteiger partial charge in [0.1, 0.15) is 0 Å². The van der Waals surface area contributed by atoms with Crippen LogP contribution in [0.2, 0.25) is 0 Å². The quantitative estimate of drug-likeness (QED) is 0.374. The maximum absolute atomic E-state index is 8.54. The first-order chi connectivity index (χ1) is 1.41. The normalized spacial score (nSPS) is 2.00. The van der Waals surface area contributed by atoms with Gasteiger partial charge in [-0.05, 0) is 0 Å². The summed E-state index contributed by atoms with van der Waals surface area (Å²) >= 11 is -2.27. The summed E-state index contributed by atoms with van der Waals surface area (Å²) in [5.74, 6) is 0. The second-order valence-corrected chi connectivity index (χ2v) is 0.559. The van der Waals surface area contributed by atoms with Gasteiger partial charge in [0.15, 0.2) is 0 Å². The SMILES string of the molecule is P.[O]=[Sn]=[O]. The molecule has 0 aliphatic carbocycles. The van der Waals surface area contributed by atoms with E-state index < -0.39 is 21.1 Å². The van der Waals surface area contributed by atoms with Gasteiger partial charge in [0.2, 0.25) is 0 Å². The van der Waals surface area contributed by atoms with Crippen molar-refractivity contribution in [3.8, 4) is 0 Å². The standard InChI is InChI=1S/2O.H3P.Sn/h;;1H3;. The van der Waals surface area contributed by atoms with Crippen molar-refractivity contribution in [2.24, 2.45) is 0 Å². The van der Waals surface area contributed by atoms with E-state index in [4.69, 9.17) is 6.15 Å². The number of hydrogen-bond donors (Lipinski definition) is 0. The zero-order chi connectivity index (χ0) is 2.71. The Morgan fingerprint density at radius 1 is 1.25 bits per heavy atom. The molecule has 0 heterocycles. The van der Waals surface area contributed by atoms with E-state index in [1.54, 1.807) is 0 Å². The molecular weight excluding hydrogens is 182 g/mol. The molecule has 0 aromatic carbocycles. The Morgan fingerprint density at radius 3 is 1.25 bits per heavy atom. The van der Waals surface area contributed by atoms with Crippen LogP contribution in [-0.4, -0.2) is 21.1 Å². The van der Waals surface area contributed by atoms with E-state index >= 15 is 0 Å². The van der Waals surface area contributed by atoms with Gasteiger partial charge in [-0.15, -0.1) is 0 Å². The van der Waals surface area contributed by atoms with Gasteiger partial charge in [-0.2, -0.15) is 9.90 Å². The Morgan fingerprint density at radius 2 is 1.25 bits per heavy atom. The van der Waals surface area contributed by atoms with Crippen LogP contribution in [0.1, 0.15) is 0 Å². The molecule has 0 aromatic rings. The summed E-state index contributed by atoms with van der Waals surface area (Å²) in [5.41, 5.74) is 0. The number of rotatable bonds is 0. The second kappa shape index (κ2) is 9.16. The Hall–Kier alpha value is 0.829. The Kier molecular flexibility index (Phi) is 20.3. The molecule has 0 spiro atoms. The first-order valence-corrected chi connectivity index (χ1v) is 2.74. The van der Waals surface area contributed by atoms with Crippen LogP contribution >= 0.6 is 9.90 Å². The van der Waals surface area contributed by atoms with Gasteiger partial charge in [-0.1, -0.05) is 0 Å². The van der Waals surface area contributed by atoms with E-state index in [1.807, 2.05) is 0 Å². The van der Waals surface area contributed by atoms with Crippen molar-refractivity contribution in [2.45, 2.75) is 0 Å². The zero-order valence-electron chi connectivity index (χ0n) is 2.02. The first kappa shape index (κ1) is 8.85. The Balaban J connectivity index is 0. The molecular formula is H3O2PSn. The summed E-state index contributed by atoms with van der Waals surface area (Å²) in [6.07, 6.45) is 0. The van der Waals surface area contributed by atoms with E-state index in [-0.39, 0.29) is 9.90 Å². The summed E-state index contributed by atoms with van der Waals surface area (Å²) < 4.78 is 17.1. The summed E-state index contributed by atoms with van der Waals surface area (Å²) in [5, 5.41) is 0. The molecule has 0 aliphatic heterocycles. The fourth-order valence-corrected chi connectivity index (χ4v) is 0. The van der Waals surface area contributed by atoms with Crippen molar-refractivity contribution in [3.05, 3.63) is 0 Å². The van der Waals surface area contributed by atoms with Crippen molar-refractivity contribution in [1.29, 1.82) is 0 Å². The minimum absolute atomic E-state index is 0. The van der Waals surface area contributed by atoms with Crippen LogP contribution in [0.3, 0.4) is 0 Å². The molecule has 0 saturated carbocycles. The summed E-state index contributed by atoms with van der Waals surface area (Å²) in [4.78, 5) is 0. The molecule has 0 radical (unpaired) electrons. The van der Waals surface area contributed by atoms with E-state index in [1.165, 1.54) is 0 Å². The van der Waals surface area contributed by atoms with E-state index in [0.717, 1.165) is 0 Å². The summed E-state index contributed by atoms with van der Waals surface area (Å²) in [6.45, 7) is 0. The molecule has 4 heteroatoms. The zero-order valence-corrected chi connectivity index (χ0v) is 6.29. The Bertz CT molecular complexity index is 27.0. The molecule has 0 aromatic heterocycles. The van der Waals surface area contributed by atoms with Crippen LogP contribution in [0.5, 0.6) is 0 Å². The minimum atomic E-state index is -2.27. The average molecular weight is 185 g/mol. The second-order valence-electron chi connectivity index (χ2n) is 0.0833. The molecule has 0 fully saturated rings. The van der Waals surface area contributed by atoms with Crippen LogP contribution in [0.4, 0.5) is 0 Å². The molecule has 4 heavy (non-hydrogen) atoms. The predicted molar refractivity (Wildman–Crippen MR) is 18.2 cm³/mol. The average Bonchev–Trinajstić information content (AvgIpc) is 0.918. The van der Waals surface area contributed by atoms with Crippen LogP contribution in [0.25, 0.3) is 0 Å². The molecule has 1 atom stereocenters. The van der Waals surface area contributed by atoms with Crippen LogP contribution in [-0.2, 0) is 6.15 Å². The molecule has 0 N–H and O–H groups in total. The van der Waals surface area contributed by atoms with Gasteiger partial charge < -0.3 is 0 Å². The monoisotopic (exact) mass is 186 g/mol. The first-order valence-electron chi connectivity index (χ1n) is 0.408. The third kappa shape index (κ3) is 13.8. The van der Waals surface area contributed by atoms with Gasteiger partial charge in [-0.3, -0.25) is 0 Å². The molecule has 0 aliphatic rings. The molecule has 24 valence electrons. The van der Waals surface area contributed by atoms with E-state index in [0.29, 0.717) is 0 Å². The van der Waals surface area contributed by atoms with E-state index in [9.17, 15) is 0 Å². The summed E-state index contributed by atoms with van der Waals surface area (Å²) in [6, 6.07) is 0. The van der Waals surface area contributed by atoms with Gasteiger partial charge in [0.25, 0.3) is 0 Å². The third-order valence-electron chi connectivity index (χ3n) is 0. The van der Waals surface area contributed by atoms with E-state index in [2.05, 4.69) is 0 Å². The van der Waals surface area contributed by atoms with Gasteiger partial charge in [-0.25, -0.2) is 0 Å². The van der Waals surface area contributed by atoms with Crippen molar-refractivity contribution >= 4 is 31.0 Å². The van der Waals surface area contributed by atoms with Crippen LogP contribution < -0.4 is 0 Å². The van der Waals surface area contributed by atoms with Crippen LogP contribution in [0.15, 0.2) is 0 Å². The molecule has 2 nitrogen and oxygen atoms in total. The maximum atomic E-state index is 8.54. The van der Waals surface area contributed by atoms with Gasteiger partial charge in [0, 0.05) is 0 Å². The van der Waals surface area contributed by atoms with Crippen molar-refractivity contribution in [3.63, 3.8) is 0 Å². The fourth-order valence-electron chi connectivity index (χ4n) is 0. The summed E-state index contributed by atoms with van der Waals surface area (Å²) in [7, 11) is 0. The molecule has 0 amide bonds. The molecule has 1 unspecified atom stereocenters. The third-order valence-corrected chi connectivity index (χ3v) is 0. The molecule has 0 saturated heterocycles. The van der Waals surface area contributed by atoms with Gasteiger partial charge >= 0.3 is 27.3 Å². The van der Waals surface area contributed by atoms with Gasteiger partial charge in [0.05, 0.1) is 0 Å². The Labute approximate surface area is 37.6 Å². The topological polar surface area (TPSA) is 34.1 Å².